The van der Waals surface area contributed by atoms with Crippen LogP contribution in [0.15, 0.2) is 0 Å². The molecule has 1 fully saturated rings. The summed E-state index contributed by atoms with van der Waals surface area (Å²) >= 11 is 0. The Kier molecular flexibility index (Phi) is 2.74. The molecule has 1 aliphatic heterocycles. The van der Waals surface area contributed by atoms with E-state index < -0.39 is 30.3 Å². The van der Waals surface area contributed by atoms with Gasteiger partial charge in [-0.2, -0.15) is 13.2 Å². The Balaban J connectivity index is 2.55. The van der Waals surface area contributed by atoms with Gasteiger partial charge >= 0.3 is 12.1 Å². The minimum absolute atomic E-state index is 0.0681. The summed E-state index contributed by atoms with van der Waals surface area (Å²) in [6, 6.07) is 0. The average Bonchev–Trinajstić information content (AvgIpc) is 2.31. The molecule has 0 N–H and O–H groups in total. The second-order valence-corrected chi connectivity index (χ2v) is 3.55. The molecule has 0 bridgehead atoms. The topological polar surface area (TPSA) is 26.3 Å². The van der Waals surface area contributed by atoms with Gasteiger partial charge in [0.25, 0.3) is 0 Å². The van der Waals surface area contributed by atoms with Crippen molar-refractivity contribution in [3.05, 3.63) is 0 Å². The molecule has 2 nitrogen and oxygen atoms in total. The molecule has 2 atom stereocenters. The zero-order valence-electron chi connectivity index (χ0n) is 7.53. The van der Waals surface area contributed by atoms with Gasteiger partial charge in [-0.3, -0.25) is 4.79 Å². The molecular weight excluding hydrogens is 204 g/mol. The standard InChI is InChI=1S/C8H10F4O2/c1-7(9,8(10,11)12)4-5-2-3-6(13)14-5/h5H,2-4H2,1H3. The lowest BCUT2D eigenvalue weighted by Gasteiger charge is -2.25. The van der Waals surface area contributed by atoms with Crippen molar-refractivity contribution >= 4 is 5.97 Å². The summed E-state index contributed by atoms with van der Waals surface area (Å²) in [5, 5.41) is 0. The van der Waals surface area contributed by atoms with Crippen LogP contribution in [-0.2, 0) is 9.53 Å². The monoisotopic (exact) mass is 214 g/mol. The lowest BCUT2D eigenvalue weighted by molar-refractivity contribution is -0.231. The molecule has 14 heavy (non-hydrogen) atoms. The van der Waals surface area contributed by atoms with Crippen LogP contribution in [0.5, 0.6) is 0 Å². The van der Waals surface area contributed by atoms with Crippen molar-refractivity contribution in [3.63, 3.8) is 0 Å². The molecule has 0 spiro atoms. The third kappa shape index (κ3) is 2.36. The first-order valence-corrected chi connectivity index (χ1v) is 4.17. The van der Waals surface area contributed by atoms with Crippen LogP contribution in [0.2, 0.25) is 0 Å². The van der Waals surface area contributed by atoms with Crippen LogP contribution in [0.3, 0.4) is 0 Å². The van der Waals surface area contributed by atoms with E-state index in [2.05, 4.69) is 4.74 Å². The van der Waals surface area contributed by atoms with Crippen LogP contribution in [0.25, 0.3) is 0 Å². The van der Waals surface area contributed by atoms with E-state index >= 15 is 0 Å². The first-order chi connectivity index (χ1) is 6.22. The molecule has 0 aromatic heterocycles. The van der Waals surface area contributed by atoms with Crippen molar-refractivity contribution in [1.82, 2.24) is 0 Å². The SMILES string of the molecule is CC(F)(CC1CCC(=O)O1)C(F)(F)F. The summed E-state index contributed by atoms with van der Waals surface area (Å²) in [7, 11) is 0. The van der Waals surface area contributed by atoms with Gasteiger partial charge in [0.1, 0.15) is 6.10 Å². The van der Waals surface area contributed by atoms with E-state index in [9.17, 15) is 22.4 Å². The van der Waals surface area contributed by atoms with Gasteiger partial charge in [0.2, 0.25) is 5.67 Å². The number of halogens is 4. The molecule has 0 aromatic rings. The third-order valence-corrected chi connectivity index (χ3v) is 2.17. The number of cyclic esters (lactones) is 1. The molecule has 0 aliphatic carbocycles. The Bertz CT molecular complexity index is 234. The molecule has 1 rings (SSSR count). The number of hydrogen-bond acceptors (Lipinski definition) is 2. The van der Waals surface area contributed by atoms with Crippen molar-refractivity contribution in [3.8, 4) is 0 Å². The number of esters is 1. The molecule has 0 radical (unpaired) electrons. The van der Waals surface area contributed by atoms with Crippen LogP contribution < -0.4 is 0 Å². The molecule has 0 amide bonds. The Labute approximate surface area is 78.2 Å². The molecule has 2 unspecified atom stereocenters. The Morgan fingerprint density at radius 2 is 2.00 bits per heavy atom. The largest absolute Gasteiger partial charge is 0.462 e. The van der Waals surface area contributed by atoms with E-state index in [-0.39, 0.29) is 12.8 Å². The van der Waals surface area contributed by atoms with Crippen molar-refractivity contribution in [1.29, 1.82) is 0 Å². The molecule has 1 saturated heterocycles. The lowest BCUT2D eigenvalue weighted by atomic mass is 9.98. The van der Waals surface area contributed by atoms with E-state index in [1.807, 2.05) is 0 Å². The minimum atomic E-state index is -4.91. The summed E-state index contributed by atoms with van der Waals surface area (Å²) in [6.07, 6.45) is -6.45. The first-order valence-electron chi connectivity index (χ1n) is 4.17. The predicted octanol–water partition coefficient (Wildman–Crippen LogP) is 2.37. The lowest BCUT2D eigenvalue weighted by Crippen LogP contribution is -2.40. The maximum atomic E-state index is 13.1. The normalized spacial score (nSPS) is 27.2. The summed E-state index contributed by atoms with van der Waals surface area (Å²) in [5.41, 5.74) is -3.29. The number of carbonyl (C=O) groups excluding carboxylic acids is 1. The maximum absolute atomic E-state index is 13.1. The van der Waals surface area contributed by atoms with Crippen molar-refractivity contribution in [2.45, 2.75) is 44.1 Å². The molecular formula is C8H10F4O2. The van der Waals surface area contributed by atoms with Gasteiger partial charge < -0.3 is 4.74 Å². The van der Waals surface area contributed by atoms with Gasteiger partial charge in [-0.15, -0.1) is 0 Å². The van der Waals surface area contributed by atoms with E-state index in [1.165, 1.54) is 0 Å². The summed E-state index contributed by atoms with van der Waals surface area (Å²) < 4.78 is 53.8. The van der Waals surface area contributed by atoms with Gasteiger partial charge in [-0.05, 0) is 13.3 Å². The molecule has 1 heterocycles. The molecule has 6 heteroatoms. The second kappa shape index (κ2) is 3.40. The average molecular weight is 214 g/mol. The minimum Gasteiger partial charge on any atom is -0.462 e. The number of hydrogen-bond donors (Lipinski definition) is 0. The quantitative estimate of drug-likeness (QED) is 0.521. The van der Waals surface area contributed by atoms with Gasteiger partial charge in [0.05, 0.1) is 0 Å². The van der Waals surface area contributed by atoms with Crippen LogP contribution in [0, 0.1) is 0 Å². The number of alkyl halides is 4. The maximum Gasteiger partial charge on any atom is 0.422 e. The predicted molar refractivity (Wildman–Crippen MR) is 39.3 cm³/mol. The fraction of sp³-hybridized carbons (Fsp3) is 0.875. The molecule has 82 valence electrons. The summed E-state index contributed by atoms with van der Waals surface area (Å²) in [6.45, 7) is 0.457. The van der Waals surface area contributed by atoms with Gasteiger partial charge in [0.15, 0.2) is 0 Å². The van der Waals surface area contributed by atoms with Crippen LogP contribution in [-0.4, -0.2) is 23.9 Å². The van der Waals surface area contributed by atoms with Crippen molar-refractivity contribution in [2.75, 3.05) is 0 Å². The Morgan fingerprint density at radius 1 is 1.43 bits per heavy atom. The highest BCUT2D eigenvalue weighted by Gasteiger charge is 2.53. The third-order valence-electron chi connectivity index (χ3n) is 2.17. The van der Waals surface area contributed by atoms with Gasteiger partial charge in [-0.1, -0.05) is 0 Å². The summed E-state index contributed by atoms with van der Waals surface area (Å²) in [5.74, 6) is -0.562. The van der Waals surface area contributed by atoms with Crippen molar-refractivity contribution < 1.29 is 27.1 Å². The fourth-order valence-corrected chi connectivity index (χ4v) is 1.27. The first kappa shape index (κ1) is 11.3. The number of rotatable bonds is 2. The van der Waals surface area contributed by atoms with Gasteiger partial charge in [0, 0.05) is 12.8 Å². The van der Waals surface area contributed by atoms with Crippen molar-refractivity contribution in [2.24, 2.45) is 0 Å². The zero-order chi connectivity index (χ0) is 11.0. The van der Waals surface area contributed by atoms with E-state index in [0.717, 1.165) is 0 Å². The second-order valence-electron chi connectivity index (χ2n) is 3.55. The molecule has 1 aliphatic rings. The fourth-order valence-electron chi connectivity index (χ4n) is 1.27. The smallest absolute Gasteiger partial charge is 0.422 e. The van der Waals surface area contributed by atoms with Crippen LogP contribution >= 0.6 is 0 Å². The van der Waals surface area contributed by atoms with E-state index in [0.29, 0.717) is 6.92 Å². The zero-order valence-corrected chi connectivity index (χ0v) is 7.53. The number of ether oxygens (including phenoxy) is 1. The highest BCUT2D eigenvalue weighted by molar-refractivity contribution is 5.71. The molecule has 0 aromatic carbocycles. The summed E-state index contributed by atoms with van der Waals surface area (Å²) in [4.78, 5) is 10.6. The van der Waals surface area contributed by atoms with Crippen LogP contribution in [0.4, 0.5) is 17.6 Å². The Hall–Kier alpha value is -0.810. The van der Waals surface area contributed by atoms with Crippen LogP contribution in [0.1, 0.15) is 26.2 Å². The number of carbonyl (C=O) groups is 1. The van der Waals surface area contributed by atoms with E-state index in [4.69, 9.17) is 0 Å². The van der Waals surface area contributed by atoms with E-state index in [1.54, 1.807) is 0 Å². The molecule has 0 saturated carbocycles. The highest BCUT2D eigenvalue weighted by Crippen LogP contribution is 2.39. The Morgan fingerprint density at radius 3 is 2.36 bits per heavy atom. The van der Waals surface area contributed by atoms with Gasteiger partial charge in [-0.25, -0.2) is 4.39 Å². The highest BCUT2D eigenvalue weighted by atomic mass is 19.4.